The Morgan fingerprint density at radius 1 is 0.519 bits per heavy atom. The van der Waals surface area contributed by atoms with Crippen LogP contribution in [-0.4, -0.2) is 78.9 Å². The Bertz CT molecular complexity index is 736. The smallest absolute Gasteiger partial charge is 0.466 e. The molecule has 2 N–H and O–H groups in total. The Kier molecular flexibility index (Phi) is 39.7. The maximum Gasteiger partial charge on any atom is 0.508 e. The lowest BCUT2D eigenvalue weighted by Crippen LogP contribution is -2.34. The number of carbonyl (C=O) groups excluding carboxylic acids is 2. The zero-order valence-electron chi connectivity index (χ0n) is 34.7. The van der Waals surface area contributed by atoms with Crippen LogP contribution >= 0.6 is 0 Å². The van der Waals surface area contributed by atoms with Crippen LogP contribution in [-0.2, 0) is 19.0 Å². The summed E-state index contributed by atoms with van der Waals surface area (Å²) in [6.07, 6.45) is 32.6. The predicted octanol–water partition coefficient (Wildman–Crippen LogP) is 11.9. The number of ether oxygens (including phenoxy) is 3. The molecule has 0 aromatic heterocycles. The minimum absolute atomic E-state index is 0.0294. The molecule has 52 heavy (non-hydrogen) atoms. The topological polar surface area (TPSA) is 106 Å². The second-order valence-electron chi connectivity index (χ2n) is 15.3. The van der Waals surface area contributed by atoms with Crippen molar-refractivity contribution in [3.05, 3.63) is 0 Å². The molecule has 0 bridgehead atoms. The number of aliphatic hydroxyl groups is 2. The maximum atomic E-state index is 12.5. The number of aliphatic hydroxyl groups excluding tert-OH is 2. The molecule has 0 fully saturated rings. The first-order valence-electron chi connectivity index (χ1n) is 22.5. The van der Waals surface area contributed by atoms with Gasteiger partial charge in [-0.1, -0.05) is 149 Å². The fourth-order valence-electron chi connectivity index (χ4n) is 6.80. The van der Waals surface area contributed by atoms with E-state index in [1.807, 2.05) is 0 Å². The van der Waals surface area contributed by atoms with Gasteiger partial charge in [0.2, 0.25) is 0 Å². The summed E-state index contributed by atoms with van der Waals surface area (Å²) in [5.41, 5.74) is 0. The van der Waals surface area contributed by atoms with Gasteiger partial charge in [-0.15, -0.1) is 0 Å². The predicted molar refractivity (Wildman–Crippen MR) is 217 cm³/mol. The number of rotatable bonds is 41. The van der Waals surface area contributed by atoms with Crippen molar-refractivity contribution in [1.29, 1.82) is 0 Å². The molecule has 0 aliphatic carbocycles. The molecule has 0 aliphatic heterocycles. The fraction of sp³-hybridized carbons (Fsp3) is 0.955. The molecule has 0 spiro atoms. The second-order valence-corrected chi connectivity index (χ2v) is 15.3. The van der Waals surface area contributed by atoms with Gasteiger partial charge in [-0.3, -0.25) is 4.79 Å². The van der Waals surface area contributed by atoms with Crippen molar-refractivity contribution in [2.24, 2.45) is 0 Å². The summed E-state index contributed by atoms with van der Waals surface area (Å²) < 4.78 is 16.7. The number of hydrogen-bond acceptors (Lipinski definition) is 8. The summed E-state index contributed by atoms with van der Waals surface area (Å²) in [7, 11) is 0. The lowest BCUT2D eigenvalue weighted by molar-refractivity contribution is -0.143. The fourth-order valence-corrected chi connectivity index (χ4v) is 6.80. The first-order valence-corrected chi connectivity index (χ1v) is 22.5. The average molecular weight is 742 g/mol. The summed E-state index contributed by atoms with van der Waals surface area (Å²) in [6.45, 7) is 10.0. The molecule has 310 valence electrons. The Morgan fingerprint density at radius 3 is 1.52 bits per heavy atom. The van der Waals surface area contributed by atoms with E-state index in [1.54, 1.807) is 0 Å². The second kappa shape index (κ2) is 40.8. The van der Waals surface area contributed by atoms with Gasteiger partial charge in [0.05, 0.1) is 19.3 Å². The van der Waals surface area contributed by atoms with Gasteiger partial charge in [0, 0.05) is 26.1 Å². The Balaban J connectivity index is 4.13. The number of carbonyl (C=O) groups is 2. The summed E-state index contributed by atoms with van der Waals surface area (Å²) in [5, 5.41) is 20.0. The summed E-state index contributed by atoms with van der Waals surface area (Å²) in [6, 6.07) is 0. The molecule has 8 heteroatoms. The molecular weight excluding hydrogens is 654 g/mol. The van der Waals surface area contributed by atoms with Crippen LogP contribution in [0.25, 0.3) is 0 Å². The van der Waals surface area contributed by atoms with Gasteiger partial charge in [0.25, 0.3) is 0 Å². The van der Waals surface area contributed by atoms with Crippen LogP contribution in [0.1, 0.15) is 220 Å². The highest BCUT2D eigenvalue weighted by Crippen LogP contribution is 2.18. The maximum absolute atomic E-state index is 12.5. The van der Waals surface area contributed by atoms with E-state index < -0.39 is 12.3 Å². The van der Waals surface area contributed by atoms with Crippen molar-refractivity contribution < 1.29 is 34.0 Å². The van der Waals surface area contributed by atoms with E-state index in [-0.39, 0.29) is 18.7 Å². The zero-order chi connectivity index (χ0) is 38.2. The van der Waals surface area contributed by atoms with Gasteiger partial charge >= 0.3 is 12.1 Å². The Hall–Kier alpha value is -1.38. The van der Waals surface area contributed by atoms with Crippen LogP contribution in [0.5, 0.6) is 0 Å². The Morgan fingerprint density at radius 2 is 0.962 bits per heavy atom. The first kappa shape index (κ1) is 50.6. The molecule has 0 amide bonds. The zero-order valence-corrected chi connectivity index (χ0v) is 34.7. The average Bonchev–Trinajstić information content (AvgIpc) is 3.13. The molecule has 0 heterocycles. The van der Waals surface area contributed by atoms with Gasteiger partial charge in [-0.25, -0.2) is 4.79 Å². The van der Waals surface area contributed by atoms with Crippen molar-refractivity contribution in [3.8, 4) is 0 Å². The number of hydrogen-bond donors (Lipinski definition) is 2. The molecule has 0 saturated heterocycles. The largest absolute Gasteiger partial charge is 0.508 e. The van der Waals surface area contributed by atoms with Crippen molar-refractivity contribution in [2.45, 2.75) is 232 Å². The molecule has 1 unspecified atom stereocenters. The minimum Gasteiger partial charge on any atom is -0.466 e. The van der Waals surface area contributed by atoms with Crippen LogP contribution in [0.15, 0.2) is 0 Å². The third-order valence-corrected chi connectivity index (χ3v) is 10.1. The van der Waals surface area contributed by atoms with E-state index in [4.69, 9.17) is 14.2 Å². The third-order valence-electron chi connectivity index (χ3n) is 10.1. The van der Waals surface area contributed by atoms with Crippen molar-refractivity contribution in [1.82, 2.24) is 4.90 Å². The van der Waals surface area contributed by atoms with E-state index in [0.717, 1.165) is 103 Å². The molecule has 0 aliphatic rings. The van der Waals surface area contributed by atoms with Crippen molar-refractivity contribution >= 4 is 12.1 Å². The Labute approximate surface area is 321 Å². The van der Waals surface area contributed by atoms with Gasteiger partial charge in [-0.05, 0) is 70.8 Å². The molecule has 0 saturated carbocycles. The molecule has 8 nitrogen and oxygen atoms in total. The van der Waals surface area contributed by atoms with Gasteiger partial charge < -0.3 is 29.3 Å². The normalized spacial score (nSPS) is 12.1. The first-order chi connectivity index (χ1) is 25.5. The van der Waals surface area contributed by atoms with E-state index in [2.05, 4.69) is 25.7 Å². The van der Waals surface area contributed by atoms with Crippen molar-refractivity contribution in [3.63, 3.8) is 0 Å². The number of nitrogens with zero attached hydrogens (tertiary/aromatic N) is 1. The standard InChI is InChI=1S/C44H87NO7/c1-4-7-10-13-16-20-28-38-50-43(48)34-26-22-23-31-41(47)40-45(36-30-37-46)35-27-19-21-29-39-51-44(49)52-42(32-24-17-14-11-8-5-2)33-25-18-15-12-9-6-3/h41-42,46-47H,4-40H2,1-3H3. The van der Waals surface area contributed by atoms with Crippen LogP contribution < -0.4 is 0 Å². The van der Waals surface area contributed by atoms with E-state index in [0.29, 0.717) is 32.6 Å². The van der Waals surface area contributed by atoms with E-state index >= 15 is 0 Å². The summed E-state index contributed by atoms with van der Waals surface area (Å²) >= 11 is 0. The monoisotopic (exact) mass is 742 g/mol. The van der Waals surface area contributed by atoms with Gasteiger partial charge in [0.15, 0.2) is 0 Å². The molecular formula is C44H87NO7. The lowest BCUT2D eigenvalue weighted by Gasteiger charge is -2.25. The quantitative estimate of drug-likeness (QED) is 0.0471. The van der Waals surface area contributed by atoms with Crippen LogP contribution in [0.4, 0.5) is 4.79 Å². The van der Waals surface area contributed by atoms with Crippen LogP contribution in [0, 0.1) is 0 Å². The molecule has 0 rings (SSSR count). The lowest BCUT2D eigenvalue weighted by atomic mass is 10.0. The number of unbranched alkanes of at least 4 members (excludes halogenated alkanes) is 21. The van der Waals surface area contributed by atoms with E-state index in [9.17, 15) is 19.8 Å². The third kappa shape index (κ3) is 37.0. The highest BCUT2D eigenvalue weighted by atomic mass is 16.7. The van der Waals surface area contributed by atoms with Gasteiger partial charge in [-0.2, -0.15) is 0 Å². The highest BCUT2D eigenvalue weighted by Gasteiger charge is 2.16. The molecule has 0 aromatic carbocycles. The van der Waals surface area contributed by atoms with E-state index in [1.165, 1.54) is 96.3 Å². The minimum atomic E-state index is -0.509. The van der Waals surface area contributed by atoms with Crippen LogP contribution in [0.3, 0.4) is 0 Å². The van der Waals surface area contributed by atoms with Crippen molar-refractivity contribution in [2.75, 3.05) is 39.5 Å². The SMILES string of the molecule is CCCCCCCCCOC(=O)CCCCCC(O)CN(CCCO)CCCCCCOC(=O)OC(CCCCCCCC)CCCCCCCC. The summed E-state index contributed by atoms with van der Waals surface area (Å²) in [5.74, 6) is -0.0977. The number of esters is 1. The van der Waals surface area contributed by atoms with Crippen LogP contribution in [0.2, 0.25) is 0 Å². The molecule has 0 aromatic rings. The highest BCUT2D eigenvalue weighted by molar-refractivity contribution is 5.69. The summed E-state index contributed by atoms with van der Waals surface area (Å²) in [4.78, 5) is 26.8. The van der Waals surface area contributed by atoms with Gasteiger partial charge in [0.1, 0.15) is 6.10 Å². The molecule has 0 radical (unpaired) electrons. The molecule has 1 atom stereocenters.